The van der Waals surface area contributed by atoms with E-state index in [0.717, 1.165) is 11.3 Å². The highest BCUT2D eigenvalue weighted by Crippen LogP contribution is 2.09. The third-order valence-corrected chi connectivity index (χ3v) is 3.94. The molecule has 0 bridgehead atoms. The van der Waals surface area contributed by atoms with Gasteiger partial charge in [0.05, 0.1) is 5.75 Å². The summed E-state index contributed by atoms with van der Waals surface area (Å²) in [6.45, 7) is 2.51. The lowest BCUT2D eigenvalue weighted by Gasteiger charge is -2.08. The fraction of sp³-hybridized carbons (Fsp3) is 0.364. The molecule has 0 atom stereocenters. The SMILES string of the molecule is CCNS(=O)(=O)CCNc1ccc(C(N)=S)cc1. The van der Waals surface area contributed by atoms with E-state index in [0.29, 0.717) is 18.1 Å². The van der Waals surface area contributed by atoms with E-state index < -0.39 is 10.0 Å². The quantitative estimate of drug-likeness (QED) is 0.642. The number of thiocarbonyl (C=S) groups is 1. The van der Waals surface area contributed by atoms with Crippen LogP contribution in [0.1, 0.15) is 12.5 Å². The van der Waals surface area contributed by atoms with Crippen molar-refractivity contribution in [3.63, 3.8) is 0 Å². The van der Waals surface area contributed by atoms with Gasteiger partial charge in [0, 0.05) is 24.3 Å². The molecule has 1 rings (SSSR count). The lowest BCUT2D eigenvalue weighted by molar-refractivity contribution is 0.584. The first-order valence-electron chi connectivity index (χ1n) is 5.55. The molecule has 0 radical (unpaired) electrons. The van der Waals surface area contributed by atoms with Gasteiger partial charge in [0.25, 0.3) is 0 Å². The number of sulfonamides is 1. The zero-order chi connectivity index (χ0) is 13.6. The Bertz CT molecular complexity index is 498. The molecular formula is C11H17N3O2S2. The molecule has 0 unspecified atom stereocenters. The Hall–Kier alpha value is -1.18. The van der Waals surface area contributed by atoms with Crippen molar-refractivity contribution in [2.45, 2.75) is 6.92 Å². The molecule has 100 valence electrons. The van der Waals surface area contributed by atoms with E-state index in [2.05, 4.69) is 10.0 Å². The third-order valence-electron chi connectivity index (χ3n) is 2.23. The second-order valence-corrected chi connectivity index (χ2v) is 6.05. The molecule has 0 heterocycles. The van der Waals surface area contributed by atoms with E-state index in [-0.39, 0.29) is 5.75 Å². The smallest absolute Gasteiger partial charge is 0.213 e. The number of nitrogens with one attached hydrogen (secondary N) is 2. The summed E-state index contributed by atoms with van der Waals surface area (Å²) in [6.07, 6.45) is 0. The molecule has 0 aliphatic rings. The van der Waals surface area contributed by atoms with Crippen molar-refractivity contribution < 1.29 is 8.42 Å². The van der Waals surface area contributed by atoms with Crippen LogP contribution in [-0.2, 0) is 10.0 Å². The lowest BCUT2D eigenvalue weighted by Crippen LogP contribution is -2.29. The van der Waals surface area contributed by atoms with Crippen molar-refractivity contribution in [1.29, 1.82) is 0 Å². The predicted octanol–water partition coefficient (Wildman–Crippen LogP) is 0.672. The summed E-state index contributed by atoms with van der Waals surface area (Å²) < 4.78 is 25.2. The van der Waals surface area contributed by atoms with Crippen LogP contribution in [0, 0.1) is 0 Å². The van der Waals surface area contributed by atoms with Crippen LogP contribution >= 0.6 is 12.2 Å². The Morgan fingerprint density at radius 3 is 2.44 bits per heavy atom. The molecule has 0 spiro atoms. The largest absolute Gasteiger partial charge is 0.389 e. The van der Waals surface area contributed by atoms with Crippen LogP contribution < -0.4 is 15.8 Å². The maximum atomic E-state index is 11.4. The minimum Gasteiger partial charge on any atom is -0.389 e. The molecule has 0 aliphatic carbocycles. The molecule has 5 nitrogen and oxygen atoms in total. The van der Waals surface area contributed by atoms with Crippen molar-refractivity contribution in [3.05, 3.63) is 29.8 Å². The second-order valence-electron chi connectivity index (χ2n) is 3.69. The average Bonchev–Trinajstić information content (AvgIpc) is 2.29. The first-order chi connectivity index (χ1) is 8.44. The van der Waals surface area contributed by atoms with Crippen LogP contribution in [0.5, 0.6) is 0 Å². The molecule has 7 heteroatoms. The Morgan fingerprint density at radius 1 is 1.33 bits per heavy atom. The van der Waals surface area contributed by atoms with Crippen LogP contribution in [0.15, 0.2) is 24.3 Å². The lowest BCUT2D eigenvalue weighted by atomic mass is 10.2. The normalized spacial score (nSPS) is 11.2. The molecular weight excluding hydrogens is 270 g/mol. The van der Waals surface area contributed by atoms with E-state index in [1.807, 2.05) is 12.1 Å². The standard InChI is InChI=1S/C11H17N3O2S2/c1-2-14-18(15,16)8-7-13-10-5-3-9(4-6-10)11(12)17/h3-6,13-14H,2,7-8H2,1H3,(H2,12,17). The fourth-order valence-corrected chi connectivity index (χ4v) is 2.47. The van der Waals surface area contributed by atoms with Crippen LogP contribution in [0.2, 0.25) is 0 Å². The van der Waals surface area contributed by atoms with Crippen molar-refractivity contribution in [2.75, 3.05) is 24.2 Å². The number of hydrogen-bond acceptors (Lipinski definition) is 4. The molecule has 18 heavy (non-hydrogen) atoms. The first kappa shape index (κ1) is 14.9. The first-order valence-corrected chi connectivity index (χ1v) is 7.62. The Morgan fingerprint density at radius 2 is 1.94 bits per heavy atom. The number of hydrogen-bond donors (Lipinski definition) is 3. The molecule has 0 fully saturated rings. The zero-order valence-electron chi connectivity index (χ0n) is 10.1. The van der Waals surface area contributed by atoms with Crippen molar-refractivity contribution >= 4 is 32.9 Å². The van der Waals surface area contributed by atoms with Gasteiger partial charge < -0.3 is 11.1 Å². The van der Waals surface area contributed by atoms with E-state index in [4.69, 9.17) is 18.0 Å². The molecule has 1 aromatic rings. The van der Waals surface area contributed by atoms with Crippen LogP contribution in [0.25, 0.3) is 0 Å². The minimum atomic E-state index is -3.18. The van der Waals surface area contributed by atoms with Crippen molar-refractivity contribution in [3.8, 4) is 0 Å². The van der Waals surface area contributed by atoms with Crippen molar-refractivity contribution in [2.24, 2.45) is 5.73 Å². The molecule has 1 aromatic carbocycles. The summed E-state index contributed by atoms with van der Waals surface area (Å²) in [7, 11) is -3.18. The van der Waals surface area contributed by atoms with Crippen LogP contribution in [0.4, 0.5) is 5.69 Å². The van der Waals surface area contributed by atoms with E-state index in [1.165, 1.54) is 0 Å². The van der Waals surface area contributed by atoms with Gasteiger partial charge in [0.2, 0.25) is 10.0 Å². The Labute approximate surface area is 113 Å². The van der Waals surface area contributed by atoms with Gasteiger partial charge in [-0.15, -0.1) is 0 Å². The number of nitrogens with two attached hydrogens (primary N) is 1. The summed E-state index contributed by atoms with van der Waals surface area (Å²) in [6, 6.07) is 7.22. The van der Waals surface area contributed by atoms with Gasteiger partial charge in [-0.2, -0.15) is 0 Å². The summed E-state index contributed by atoms with van der Waals surface area (Å²) in [5.74, 6) is 0.0396. The van der Waals surface area contributed by atoms with Crippen LogP contribution in [0.3, 0.4) is 0 Å². The molecule has 0 amide bonds. The second kappa shape index (κ2) is 6.67. The topological polar surface area (TPSA) is 84.2 Å². The fourth-order valence-electron chi connectivity index (χ4n) is 1.37. The van der Waals surface area contributed by atoms with Gasteiger partial charge in [-0.05, 0) is 24.3 Å². The highest BCUT2D eigenvalue weighted by Gasteiger charge is 2.07. The number of rotatable bonds is 7. The molecule has 0 aliphatic heterocycles. The molecule has 4 N–H and O–H groups in total. The predicted molar refractivity (Wildman–Crippen MR) is 78.3 cm³/mol. The van der Waals surface area contributed by atoms with E-state index >= 15 is 0 Å². The van der Waals surface area contributed by atoms with Crippen LogP contribution in [-0.4, -0.2) is 32.2 Å². The summed E-state index contributed by atoms with van der Waals surface area (Å²) in [5.41, 5.74) is 7.10. The maximum Gasteiger partial charge on any atom is 0.213 e. The highest BCUT2D eigenvalue weighted by atomic mass is 32.2. The van der Waals surface area contributed by atoms with Gasteiger partial charge >= 0.3 is 0 Å². The minimum absolute atomic E-state index is 0.0396. The van der Waals surface area contributed by atoms with Crippen molar-refractivity contribution in [1.82, 2.24) is 4.72 Å². The molecule has 0 saturated carbocycles. The highest BCUT2D eigenvalue weighted by molar-refractivity contribution is 7.89. The summed E-state index contributed by atoms with van der Waals surface area (Å²) in [4.78, 5) is 0.344. The number of benzene rings is 1. The van der Waals surface area contributed by atoms with E-state index in [1.54, 1.807) is 19.1 Å². The maximum absolute atomic E-state index is 11.4. The molecule has 0 aromatic heterocycles. The van der Waals surface area contributed by atoms with E-state index in [9.17, 15) is 8.42 Å². The van der Waals surface area contributed by atoms with Gasteiger partial charge in [0.1, 0.15) is 4.99 Å². The van der Waals surface area contributed by atoms with Gasteiger partial charge in [-0.25, -0.2) is 13.1 Å². The molecule has 0 saturated heterocycles. The third kappa shape index (κ3) is 4.99. The van der Waals surface area contributed by atoms with Gasteiger partial charge in [-0.3, -0.25) is 0 Å². The number of anilines is 1. The summed E-state index contributed by atoms with van der Waals surface area (Å²) in [5, 5.41) is 3.02. The zero-order valence-corrected chi connectivity index (χ0v) is 11.8. The monoisotopic (exact) mass is 287 g/mol. The average molecular weight is 287 g/mol. The Balaban J connectivity index is 2.47. The Kier molecular flexibility index (Phi) is 5.52. The van der Waals surface area contributed by atoms with Gasteiger partial charge in [0.15, 0.2) is 0 Å². The summed E-state index contributed by atoms with van der Waals surface area (Å²) >= 11 is 4.84. The van der Waals surface area contributed by atoms with Gasteiger partial charge in [-0.1, -0.05) is 19.1 Å².